The van der Waals surface area contributed by atoms with Crippen molar-refractivity contribution in [3.8, 4) is 12.3 Å². The van der Waals surface area contributed by atoms with Crippen molar-refractivity contribution in [3.05, 3.63) is 12.2 Å². The highest BCUT2D eigenvalue weighted by Gasteiger charge is 1.95. The van der Waals surface area contributed by atoms with Crippen molar-refractivity contribution in [3.63, 3.8) is 0 Å². The molecule has 1 unspecified atom stereocenters. The first-order chi connectivity index (χ1) is 3.93. The number of aliphatic imine (C=N–C) groups is 1. The van der Waals surface area contributed by atoms with Crippen molar-refractivity contribution in [2.24, 2.45) is 10.9 Å². The zero-order valence-corrected chi connectivity index (χ0v) is 4.54. The van der Waals surface area contributed by atoms with E-state index in [2.05, 4.69) is 10.9 Å². The Balaban J connectivity index is 2.58. The zero-order valence-electron chi connectivity index (χ0n) is 4.54. The molecule has 1 heteroatoms. The summed E-state index contributed by atoms with van der Waals surface area (Å²) >= 11 is 0. The van der Waals surface area contributed by atoms with Gasteiger partial charge in [-0.2, -0.15) is 0 Å². The Hall–Kier alpha value is -1.03. The number of nitrogens with zero attached hydrogens (tertiary/aromatic N) is 1. The highest BCUT2D eigenvalue weighted by molar-refractivity contribution is 5.68. The van der Waals surface area contributed by atoms with Gasteiger partial charge in [-0.05, 0) is 0 Å². The maximum absolute atomic E-state index is 5.11. The Morgan fingerprint density at radius 1 is 1.75 bits per heavy atom. The summed E-state index contributed by atoms with van der Waals surface area (Å²) in [6.07, 6.45) is 10.9. The van der Waals surface area contributed by atoms with Gasteiger partial charge in [0.1, 0.15) is 0 Å². The van der Waals surface area contributed by atoms with Crippen LogP contribution in [0.25, 0.3) is 0 Å². The predicted molar refractivity (Wildman–Crippen MR) is 34.8 cm³/mol. The molecule has 1 aliphatic heterocycles. The van der Waals surface area contributed by atoms with Crippen LogP contribution in [0.5, 0.6) is 0 Å². The second kappa shape index (κ2) is 2.32. The van der Waals surface area contributed by atoms with Gasteiger partial charge in [-0.15, -0.1) is 6.42 Å². The molecule has 0 aromatic rings. The van der Waals surface area contributed by atoms with Gasteiger partial charge in [0, 0.05) is 6.21 Å². The summed E-state index contributed by atoms with van der Waals surface area (Å²) in [6, 6.07) is 0. The van der Waals surface area contributed by atoms with Crippen LogP contribution in [0.3, 0.4) is 0 Å². The lowest BCUT2D eigenvalue weighted by Gasteiger charge is -1.99. The molecule has 1 nitrogen and oxygen atoms in total. The summed E-state index contributed by atoms with van der Waals surface area (Å²) in [7, 11) is 0. The Labute approximate surface area is 49.1 Å². The van der Waals surface area contributed by atoms with Crippen LogP contribution >= 0.6 is 0 Å². The number of hydrogen-bond acceptors (Lipinski definition) is 1. The minimum absolute atomic E-state index is 0.142. The van der Waals surface area contributed by atoms with Gasteiger partial charge in [-0.1, -0.05) is 18.1 Å². The standard InChI is InChI=1S/C7H7N/c1-2-7-4-3-5-8-6-7/h1,3-4,6-7H,5H2. The maximum atomic E-state index is 5.11. The van der Waals surface area contributed by atoms with Gasteiger partial charge in [0.05, 0.1) is 12.5 Å². The SMILES string of the molecule is C#CC1C=CCN=C1. The molecule has 0 fully saturated rings. The van der Waals surface area contributed by atoms with Crippen LogP contribution < -0.4 is 0 Å². The minimum Gasteiger partial charge on any atom is -0.292 e. The first-order valence-corrected chi connectivity index (χ1v) is 2.56. The normalized spacial score (nSPS) is 25.1. The Kier molecular flexibility index (Phi) is 1.48. The van der Waals surface area contributed by atoms with E-state index in [1.54, 1.807) is 6.21 Å². The second-order valence-electron chi connectivity index (χ2n) is 1.63. The topological polar surface area (TPSA) is 12.4 Å². The van der Waals surface area contributed by atoms with Crippen molar-refractivity contribution in [1.29, 1.82) is 0 Å². The maximum Gasteiger partial charge on any atom is 0.0729 e. The van der Waals surface area contributed by atoms with E-state index in [4.69, 9.17) is 6.42 Å². The van der Waals surface area contributed by atoms with Crippen LogP contribution in [0.2, 0.25) is 0 Å². The third kappa shape index (κ3) is 0.974. The molecule has 1 aliphatic rings. The molecule has 0 bridgehead atoms. The average Bonchev–Trinajstić information content (AvgIpc) is 1.90. The molecule has 8 heavy (non-hydrogen) atoms. The number of dihydropyridines is 1. The Morgan fingerprint density at radius 2 is 2.62 bits per heavy atom. The molecule has 40 valence electrons. The molecule has 0 aromatic carbocycles. The third-order valence-corrected chi connectivity index (χ3v) is 1.01. The van der Waals surface area contributed by atoms with Crippen molar-refractivity contribution in [1.82, 2.24) is 0 Å². The summed E-state index contributed by atoms with van der Waals surface area (Å²) in [5.74, 6) is 2.71. The summed E-state index contributed by atoms with van der Waals surface area (Å²) in [5.41, 5.74) is 0. The van der Waals surface area contributed by atoms with Crippen LogP contribution in [-0.2, 0) is 0 Å². The van der Waals surface area contributed by atoms with Gasteiger partial charge in [0.25, 0.3) is 0 Å². The van der Waals surface area contributed by atoms with Crippen LogP contribution in [0.1, 0.15) is 0 Å². The highest BCUT2D eigenvalue weighted by atomic mass is 14.7. The molecule has 0 aromatic heterocycles. The van der Waals surface area contributed by atoms with Crippen LogP contribution in [0.4, 0.5) is 0 Å². The molecule has 0 radical (unpaired) electrons. The second-order valence-corrected chi connectivity index (χ2v) is 1.63. The van der Waals surface area contributed by atoms with Crippen molar-refractivity contribution in [2.75, 3.05) is 6.54 Å². The molecule has 0 saturated heterocycles. The van der Waals surface area contributed by atoms with E-state index in [0.717, 1.165) is 6.54 Å². The van der Waals surface area contributed by atoms with Gasteiger partial charge in [0.2, 0.25) is 0 Å². The lowest BCUT2D eigenvalue weighted by Crippen LogP contribution is -1.98. The monoisotopic (exact) mass is 105 g/mol. The molecule has 0 aliphatic carbocycles. The lowest BCUT2D eigenvalue weighted by molar-refractivity contribution is 1.10. The highest BCUT2D eigenvalue weighted by Crippen LogP contribution is 1.97. The zero-order chi connectivity index (χ0) is 5.82. The molecule has 1 atom stereocenters. The fourth-order valence-corrected chi connectivity index (χ4v) is 0.591. The van der Waals surface area contributed by atoms with Crippen LogP contribution in [-0.4, -0.2) is 12.8 Å². The Bertz CT molecular complexity index is 148. The molecule has 0 amide bonds. The van der Waals surface area contributed by atoms with Gasteiger partial charge in [-0.25, -0.2) is 0 Å². The van der Waals surface area contributed by atoms with Crippen molar-refractivity contribution in [2.45, 2.75) is 0 Å². The van der Waals surface area contributed by atoms with E-state index < -0.39 is 0 Å². The summed E-state index contributed by atoms with van der Waals surface area (Å²) < 4.78 is 0. The van der Waals surface area contributed by atoms with E-state index in [1.165, 1.54) is 0 Å². The predicted octanol–water partition coefficient (Wildman–Crippen LogP) is 0.876. The molecule has 0 saturated carbocycles. The molecule has 0 spiro atoms. The molecule has 1 heterocycles. The van der Waals surface area contributed by atoms with Crippen molar-refractivity contribution < 1.29 is 0 Å². The fraction of sp³-hybridized carbons (Fsp3) is 0.286. The minimum atomic E-state index is 0.142. The number of rotatable bonds is 0. The molecular formula is C7H7N. The van der Waals surface area contributed by atoms with Gasteiger partial charge >= 0.3 is 0 Å². The summed E-state index contributed by atoms with van der Waals surface area (Å²) in [5, 5.41) is 0. The van der Waals surface area contributed by atoms with Gasteiger partial charge in [-0.3, -0.25) is 4.99 Å². The smallest absolute Gasteiger partial charge is 0.0729 e. The van der Waals surface area contributed by atoms with E-state index in [9.17, 15) is 0 Å². The van der Waals surface area contributed by atoms with Crippen molar-refractivity contribution >= 4 is 6.21 Å². The number of terminal acetylenes is 1. The number of allylic oxidation sites excluding steroid dienone is 1. The van der Waals surface area contributed by atoms with Gasteiger partial charge < -0.3 is 0 Å². The van der Waals surface area contributed by atoms with E-state index >= 15 is 0 Å². The first kappa shape index (κ1) is 5.11. The summed E-state index contributed by atoms with van der Waals surface area (Å²) in [6.45, 7) is 0.790. The van der Waals surface area contributed by atoms with Crippen LogP contribution in [0.15, 0.2) is 17.1 Å². The number of hydrogen-bond donors (Lipinski definition) is 0. The Morgan fingerprint density at radius 3 is 3.00 bits per heavy atom. The lowest BCUT2D eigenvalue weighted by atomic mass is 10.1. The first-order valence-electron chi connectivity index (χ1n) is 2.56. The van der Waals surface area contributed by atoms with E-state index in [-0.39, 0.29) is 5.92 Å². The molecular weight excluding hydrogens is 98.1 g/mol. The molecule has 1 rings (SSSR count). The molecule has 0 N–H and O–H groups in total. The van der Waals surface area contributed by atoms with E-state index in [0.29, 0.717) is 0 Å². The largest absolute Gasteiger partial charge is 0.292 e. The van der Waals surface area contributed by atoms with Gasteiger partial charge in [0.15, 0.2) is 0 Å². The average molecular weight is 105 g/mol. The van der Waals surface area contributed by atoms with Crippen LogP contribution in [0, 0.1) is 18.3 Å². The third-order valence-electron chi connectivity index (χ3n) is 1.01. The van der Waals surface area contributed by atoms with E-state index in [1.807, 2.05) is 12.2 Å². The quantitative estimate of drug-likeness (QED) is 0.320. The summed E-state index contributed by atoms with van der Waals surface area (Å²) in [4.78, 5) is 3.98. The fourth-order valence-electron chi connectivity index (χ4n) is 0.591.